The standard InChI is InChI=1S/C27H23F2NO3/c1-17-24(23-11-6-20(29)15-26(23)25(17)16-27(32)33)14-18-2-7-21(8-3-18)30(12-13-31)22-9-4-19(28)5-10-22/h2-11,14-15,31H,12-13,16H2,1H3,(H,32,33). The number of fused-ring (bicyclic) bond motifs is 1. The van der Waals surface area contributed by atoms with E-state index >= 15 is 0 Å². The number of benzene rings is 3. The van der Waals surface area contributed by atoms with Crippen molar-refractivity contribution in [3.63, 3.8) is 0 Å². The van der Waals surface area contributed by atoms with Crippen LogP contribution in [0.2, 0.25) is 0 Å². The van der Waals surface area contributed by atoms with E-state index < -0.39 is 11.8 Å². The smallest absolute Gasteiger partial charge is 0.307 e. The minimum Gasteiger partial charge on any atom is -0.481 e. The summed E-state index contributed by atoms with van der Waals surface area (Å²) in [6.45, 7) is 2.15. The van der Waals surface area contributed by atoms with E-state index in [0.29, 0.717) is 17.7 Å². The van der Waals surface area contributed by atoms with Gasteiger partial charge in [-0.2, -0.15) is 0 Å². The van der Waals surface area contributed by atoms with Crippen LogP contribution in [0.15, 0.2) is 72.3 Å². The number of aliphatic hydroxyl groups is 1. The Balaban J connectivity index is 1.69. The first-order valence-electron chi connectivity index (χ1n) is 10.6. The maximum atomic E-state index is 13.9. The Labute approximate surface area is 190 Å². The first kappa shape index (κ1) is 22.4. The van der Waals surface area contributed by atoms with Gasteiger partial charge in [0.25, 0.3) is 0 Å². The van der Waals surface area contributed by atoms with Crippen LogP contribution in [-0.4, -0.2) is 29.3 Å². The van der Waals surface area contributed by atoms with Crippen molar-refractivity contribution >= 4 is 34.6 Å². The molecular weight excluding hydrogens is 424 g/mol. The molecule has 0 radical (unpaired) electrons. The number of allylic oxidation sites excluding steroid dienone is 2. The van der Waals surface area contributed by atoms with Crippen molar-refractivity contribution in [1.82, 2.24) is 0 Å². The number of halogens is 2. The Bertz CT molecular complexity index is 1250. The molecule has 0 spiro atoms. The van der Waals surface area contributed by atoms with Crippen LogP contribution in [0.4, 0.5) is 20.2 Å². The van der Waals surface area contributed by atoms with Crippen molar-refractivity contribution in [2.24, 2.45) is 0 Å². The van der Waals surface area contributed by atoms with Crippen molar-refractivity contribution in [3.8, 4) is 0 Å². The number of aliphatic hydroxyl groups excluding tert-OH is 1. The van der Waals surface area contributed by atoms with Gasteiger partial charge in [-0.25, -0.2) is 8.78 Å². The summed E-state index contributed by atoms with van der Waals surface area (Å²) < 4.78 is 27.2. The fourth-order valence-corrected chi connectivity index (χ4v) is 4.18. The van der Waals surface area contributed by atoms with Gasteiger partial charge in [0.2, 0.25) is 0 Å². The molecule has 1 aliphatic rings. The summed E-state index contributed by atoms with van der Waals surface area (Å²) >= 11 is 0. The maximum absolute atomic E-state index is 13.9. The normalized spacial score (nSPS) is 14.0. The zero-order valence-electron chi connectivity index (χ0n) is 18.1. The lowest BCUT2D eigenvalue weighted by molar-refractivity contribution is -0.135. The highest BCUT2D eigenvalue weighted by atomic mass is 19.1. The van der Waals surface area contributed by atoms with Gasteiger partial charge in [0, 0.05) is 17.9 Å². The predicted octanol–water partition coefficient (Wildman–Crippen LogP) is 5.90. The van der Waals surface area contributed by atoms with E-state index in [1.165, 1.54) is 24.3 Å². The van der Waals surface area contributed by atoms with E-state index in [1.807, 2.05) is 42.2 Å². The third-order valence-electron chi connectivity index (χ3n) is 5.76. The third-order valence-corrected chi connectivity index (χ3v) is 5.76. The number of carboxylic acids is 1. The van der Waals surface area contributed by atoms with E-state index in [4.69, 9.17) is 0 Å². The molecule has 3 aromatic carbocycles. The fraction of sp³-hybridized carbons (Fsp3) is 0.148. The number of anilines is 2. The van der Waals surface area contributed by atoms with Crippen molar-refractivity contribution in [2.75, 3.05) is 18.1 Å². The van der Waals surface area contributed by atoms with Gasteiger partial charge in [-0.15, -0.1) is 0 Å². The molecule has 6 heteroatoms. The number of carboxylic acid groups (broad SMARTS) is 1. The molecule has 1 aliphatic carbocycles. The SMILES string of the molecule is CC1=C(CC(=O)O)c2cc(F)ccc2C1=Cc1ccc(N(CCO)c2ccc(F)cc2)cc1. The van der Waals surface area contributed by atoms with Crippen LogP contribution in [0.1, 0.15) is 30.0 Å². The van der Waals surface area contributed by atoms with Crippen LogP contribution >= 0.6 is 0 Å². The number of carbonyl (C=O) groups is 1. The Hall–Kier alpha value is -3.77. The van der Waals surface area contributed by atoms with Gasteiger partial charge in [0.1, 0.15) is 11.6 Å². The number of rotatable bonds is 7. The molecule has 0 fully saturated rings. The van der Waals surface area contributed by atoms with E-state index in [0.717, 1.165) is 33.6 Å². The quantitative estimate of drug-likeness (QED) is 0.474. The summed E-state index contributed by atoms with van der Waals surface area (Å²) in [5, 5.41) is 18.8. The number of aliphatic carboxylic acids is 1. The summed E-state index contributed by atoms with van der Waals surface area (Å²) in [4.78, 5) is 13.2. The number of hydrogen-bond acceptors (Lipinski definition) is 3. The van der Waals surface area contributed by atoms with Crippen molar-refractivity contribution in [2.45, 2.75) is 13.3 Å². The van der Waals surface area contributed by atoms with Crippen molar-refractivity contribution in [1.29, 1.82) is 0 Å². The molecule has 168 valence electrons. The highest BCUT2D eigenvalue weighted by Gasteiger charge is 2.25. The van der Waals surface area contributed by atoms with Crippen molar-refractivity contribution < 1.29 is 23.8 Å². The molecule has 0 saturated heterocycles. The van der Waals surface area contributed by atoms with Gasteiger partial charge in [-0.1, -0.05) is 18.2 Å². The maximum Gasteiger partial charge on any atom is 0.307 e. The van der Waals surface area contributed by atoms with Crippen LogP contribution in [0, 0.1) is 11.6 Å². The first-order chi connectivity index (χ1) is 15.9. The third kappa shape index (κ3) is 4.71. The Kier molecular flexibility index (Phi) is 6.38. The molecule has 0 aromatic heterocycles. The lowest BCUT2D eigenvalue weighted by Gasteiger charge is -2.24. The molecule has 0 amide bonds. The Morgan fingerprint density at radius 2 is 1.52 bits per heavy atom. The first-order valence-corrected chi connectivity index (χ1v) is 10.6. The average molecular weight is 447 g/mol. The molecule has 0 bridgehead atoms. The fourth-order valence-electron chi connectivity index (χ4n) is 4.18. The largest absolute Gasteiger partial charge is 0.481 e. The van der Waals surface area contributed by atoms with Crippen molar-refractivity contribution in [3.05, 3.63) is 101 Å². The minimum absolute atomic E-state index is 0.0626. The Morgan fingerprint density at radius 1 is 0.909 bits per heavy atom. The molecule has 0 aliphatic heterocycles. The highest BCUT2D eigenvalue weighted by Crippen LogP contribution is 2.44. The zero-order valence-corrected chi connectivity index (χ0v) is 18.1. The molecule has 0 heterocycles. The molecule has 4 nitrogen and oxygen atoms in total. The van der Waals surface area contributed by atoms with Gasteiger partial charge in [-0.3, -0.25) is 4.79 Å². The molecule has 33 heavy (non-hydrogen) atoms. The minimum atomic E-state index is -0.963. The number of hydrogen-bond donors (Lipinski definition) is 2. The Morgan fingerprint density at radius 3 is 2.12 bits per heavy atom. The van der Waals surface area contributed by atoms with Crippen LogP contribution in [-0.2, 0) is 4.79 Å². The summed E-state index contributed by atoms with van der Waals surface area (Å²) in [6, 6.07) is 18.2. The molecule has 0 atom stereocenters. The van der Waals surface area contributed by atoms with Crippen LogP contribution in [0.25, 0.3) is 17.2 Å². The van der Waals surface area contributed by atoms with Crippen LogP contribution < -0.4 is 4.90 Å². The summed E-state index contributed by atoms with van der Waals surface area (Å²) in [5.74, 6) is -1.69. The summed E-state index contributed by atoms with van der Waals surface area (Å²) in [6.07, 6.45) is 1.78. The predicted molar refractivity (Wildman–Crippen MR) is 126 cm³/mol. The molecule has 0 saturated carbocycles. The summed E-state index contributed by atoms with van der Waals surface area (Å²) in [7, 11) is 0. The lowest BCUT2D eigenvalue weighted by atomic mass is 10.0. The second-order valence-electron chi connectivity index (χ2n) is 7.87. The zero-order chi connectivity index (χ0) is 23.5. The van der Waals surface area contributed by atoms with E-state index in [-0.39, 0.29) is 18.8 Å². The number of nitrogens with zero attached hydrogens (tertiary/aromatic N) is 1. The molecule has 4 rings (SSSR count). The second kappa shape index (κ2) is 9.38. The van der Waals surface area contributed by atoms with E-state index in [1.54, 1.807) is 18.2 Å². The van der Waals surface area contributed by atoms with Gasteiger partial charge in [-0.05, 0) is 94.9 Å². The average Bonchev–Trinajstić information content (AvgIpc) is 3.03. The summed E-state index contributed by atoms with van der Waals surface area (Å²) in [5.41, 5.74) is 6.21. The van der Waals surface area contributed by atoms with Gasteiger partial charge < -0.3 is 15.1 Å². The molecule has 3 aromatic rings. The molecule has 2 N–H and O–H groups in total. The van der Waals surface area contributed by atoms with Gasteiger partial charge in [0.15, 0.2) is 0 Å². The van der Waals surface area contributed by atoms with E-state index in [2.05, 4.69) is 0 Å². The van der Waals surface area contributed by atoms with Gasteiger partial charge >= 0.3 is 5.97 Å². The van der Waals surface area contributed by atoms with E-state index in [9.17, 15) is 23.8 Å². The highest BCUT2D eigenvalue weighted by molar-refractivity contribution is 6.07. The lowest BCUT2D eigenvalue weighted by Crippen LogP contribution is -2.20. The van der Waals surface area contributed by atoms with Gasteiger partial charge in [0.05, 0.1) is 13.0 Å². The second-order valence-corrected chi connectivity index (χ2v) is 7.87. The van der Waals surface area contributed by atoms with Crippen LogP contribution in [0.3, 0.4) is 0 Å². The van der Waals surface area contributed by atoms with Crippen LogP contribution in [0.5, 0.6) is 0 Å². The topological polar surface area (TPSA) is 60.8 Å². The molecular formula is C27H23F2NO3. The molecule has 0 unspecified atom stereocenters. The monoisotopic (exact) mass is 447 g/mol.